The van der Waals surface area contributed by atoms with Crippen LogP contribution in [0.3, 0.4) is 0 Å². The van der Waals surface area contributed by atoms with Crippen LogP contribution >= 0.6 is 11.6 Å². The van der Waals surface area contributed by atoms with Gasteiger partial charge in [0.1, 0.15) is 5.83 Å². The van der Waals surface area contributed by atoms with Crippen molar-refractivity contribution in [2.75, 3.05) is 0 Å². The Morgan fingerprint density at radius 3 is 2.70 bits per heavy atom. The monoisotopic (exact) mass is 157 g/mol. The molecule has 10 heavy (non-hydrogen) atoms. The van der Waals surface area contributed by atoms with Gasteiger partial charge in [0.25, 0.3) is 0 Å². The maximum atomic E-state index is 12.3. The lowest BCUT2D eigenvalue weighted by molar-refractivity contribution is 0.762. The first kappa shape index (κ1) is 7.22. The molecule has 0 spiro atoms. The van der Waals surface area contributed by atoms with Gasteiger partial charge in [-0.3, -0.25) is 4.98 Å². The third-order valence-electron chi connectivity index (χ3n) is 1.02. The van der Waals surface area contributed by atoms with Crippen molar-refractivity contribution in [2.45, 2.75) is 0 Å². The van der Waals surface area contributed by atoms with Crippen LogP contribution in [-0.4, -0.2) is 4.98 Å². The molecule has 0 N–H and O–H groups in total. The molecule has 1 rings (SSSR count). The summed E-state index contributed by atoms with van der Waals surface area (Å²) in [6, 6.07) is 1.47. The average molecular weight is 158 g/mol. The van der Waals surface area contributed by atoms with Crippen molar-refractivity contribution in [1.29, 1.82) is 0 Å². The topological polar surface area (TPSA) is 12.9 Å². The first-order chi connectivity index (χ1) is 4.70. The van der Waals surface area contributed by atoms with Gasteiger partial charge in [0.15, 0.2) is 0 Å². The summed E-state index contributed by atoms with van der Waals surface area (Å²) in [6.45, 7) is 3.10. The van der Waals surface area contributed by atoms with Crippen LogP contribution < -0.4 is 0 Å². The molecule has 1 nitrogen and oxygen atoms in total. The lowest BCUT2D eigenvalue weighted by Crippen LogP contribution is -1.78. The quantitative estimate of drug-likeness (QED) is 0.611. The van der Waals surface area contributed by atoms with E-state index in [-0.39, 0.29) is 0 Å². The van der Waals surface area contributed by atoms with E-state index in [4.69, 9.17) is 11.6 Å². The number of hydrogen-bond donors (Lipinski definition) is 0. The summed E-state index contributed by atoms with van der Waals surface area (Å²) in [5, 5.41) is 0.413. The molecular formula is C7H5ClFN. The molecule has 0 aliphatic rings. The summed E-state index contributed by atoms with van der Waals surface area (Å²) >= 11 is 5.52. The van der Waals surface area contributed by atoms with Gasteiger partial charge >= 0.3 is 0 Å². The highest BCUT2D eigenvalue weighted by molar-refractivity contribution is 6.30. The predicted molar refractivity (Wildman–Crippen MR) is 39.4 cm³/mol. The lowest BCUT2D eigenvalue weighted by Gasteiger charge is -1.93. The lowest BCUT2D eigenvalue weighted by atomic mass is 10.3. The normalized spacial score (nSPS) is 9.40. The Morgan fingerprint density at radius 2 is 2.30 bits per heavy atom. The molecule has 0 atom stereocenters. The molecule has 0 saturated carbocycles. The van der Waals surface area contributed by atoms with Crippen molar-refractivity contribution in [3.8, 4) is 0 Å². The molecule has 0 saturated heterocycles. The number of aromatic nitrogens is 1. The predicted octanol–water partition coefficient (Wildman–Crippen LogP) is 2.68. The Hall–Kier alpha value is -0.890. The Morgan fingerprint density at radius 1 is 1.60 bits per heavy atom. The summed E-state index contributed by atoms with van der Waals surface area (Å²) < 4.78 is 12.3. The largest absolute Gasteiger partial charge is 0.262 e. The second-order valence-corrected chi connectivity index (χ2v) is 2.23. The van der Waals surface area contributed by atoms with Gasteiger partial charge in [-0.05, 0) is 6.07 Å². The standard InChI is InChI=1S/C7H5ClFN/c1-5(9)6-2-7(8)4-10-3-6/h2-4H,1H2. The van der Waals surface area contributed by atoms with Crippen LogP contribution in [0.15, 0.2) is 25.0 Å². The molecule has 0 amide bonds. The zero-order valence-electron chi connectivity index (χ0n) is 5.14. The van der Waals surface area contributed by atoms with Gasteiger partial charge in [-0.25, -0.2) is 4.39 Å². The van der Waals surface area contributed by atoms with Crippen molar-refractivity contribution in [1.82, 2.24) is 4.98 Å². The molecule has 3 heteroatoms. The minimum atomic E-state index is -0.519. The fourth-order valence-corrected chi connectivity index (χ4v) is 0.734. The van der Waals surface area contributed by atoms with Crippen LogP contribution in [0.1, 0.15) is 5.56 Å². The molecule has 0 fully saturated rings. The molecule has 1 heterocycles. The molecule has 0 radical (unpaired) electrons. The van der Waals surface area contributed by atoms with Gasteiger partial charge in [0.2, 0.25) is 0 Å². The van der Waals surface area contributed by atoms with E-state index in [0.717, 1.165) is 0 Å². The van der Waals surface area contributed by atoms with E-state index >= 15 is 0 Å². The number of nitrogens with zero attached hydrogens (tertiary/aromatic N) is 1. The minimum absolute atomic E-state index is 0.326. The summed E-state index contributed by atoms with van der Waals surface area (Å²) in [5.41, 5.74) is 0.326. The summed E-state index contributed by atoms with van der Waals surface area (Å²) in [5.74, 6) is -0.519. The van der Waals surface area contributed by atoms with Crippen molar-refractivity contribution in [3.63, 3.8) is 0 Å². The van der Waals surface area contributed by atoms with Gasteiger partial charge < -0.3 is 0 Å². The number of pyridine rings is 1. The van der Waals surface area contributed by atoms with E-state index in [1.54, 1.807) is 0 Å². The second kappa shape index (κ2) is 2.80. The average Bonchev–Trinajstić information content (AvgIpc) is 1.88. The van der Waals surface area contributed by atoms with Crippen LogP contribution in [0.4, 0.5) is 4.39 Å². The summed E-state index contributed by atoms with van der Waals surface area (Å²) in [7, 11) is 0. The van der Waals surface area contributed by atoms with Gasteiger partial charge in [0, 0.05) is 18.0 Å². The molecule has 52 valence electrons. The maximum absolute atomic E-state index is 12.3. The fourth-order valence-electron chi connectivity index (χ4n) is 0.560. The van der Waals surface area contributed by atoms with E-state index in [9.17, 15) is 4.39 Å². The number of hydrogen-bond acceptors (Lipinski definition) is 1. The Bertz CT molecular complexity index is 260. The van der Waals surface area contributed by atoms with Crippen LogP contribution in [0.2, 0.25) is 5.02 Å². The molecular weight excluding hydrogens is 153 g/mol. The molecule has 1 aromatic rings. The van der Waals surface area contributed by atoms with Gasteiger partial charge in [-0.1, -0.05) is 18.2 Å². The van der Waals surface area contributed by atoms with Crippen molar-refractivity contribution in [3.05, 3.63) is 35.6 Å². The van der Waals surface area contributed by atoms with E-state index in [2.05, 4.69) is 11.6 Å². The van der Waals surface area contributed by atoms with Crippen LogP contribution in [0.5, 0.6) is 0 Å². The number of rotatable bonds is 1. The molecule has 0 unspecified atom stereocenters. The maximum Gasteiger partial charge on any atom is 0.124 e. The zero-order valence-corrected chi connectivity index (χ0v) is 5.90. The van der Waals surface area contributed by atoms with Gasteiger partial charge in [-0.15, -0.1) is 0 Å². The van der Waals surface area contributed by atoms with Gasteiger partial charge in [0.05, 0.1) is 5.02 Å². The van der Waals surface area contributed by atoms with Crippen molar-refractivity contribution < 1.29 is 4.39 Å². The molecule has 1 aromatic heterocycles. The zero-order chi connectivity index (χ0) is 7.56. The highest BCUT2D eigenvalue weighted by Crippen LogP contribution is 2.15. The van der Waals surface area contributed by atoms with E-state index in [0.29, 0.717) is 10.6 Å². The minimum Gasteiger partial charge on any atom is -0.262 e. The summed E-state index contributed by atoms with van der Waals surface area (Å²) in [4.78, 5) is 3.67. The SMILES string of the molecule is C=C(F)c1cncc(Cl)c1. The fraction of sp³-hybridized carbons (Fsp3) is 0. The Balaban J connectivity index is 3.07. The third kappa shape index (κ3) is 1.54. The highest BCUT2D eigenvalue weighted by Gasteiger charge is 1.96. The molecule has 0 aliphatic carbocycles. The van der Waals surface area contributed by atoms with Crippen molar-refractivity contribution >= 4 is 17.4 Å². The van der Waals surface area contributed by atoms with E-state index in [1.165, 1.54) is 18.5 Å². The first-order valence-corrected chi connectivity index (χ1v) is 3.03. The Labute approximate surface area is 63.2 Å². The van der Waals surface area contributed by atoms with Crippen LogP contribution in [0, 0.1) is 0 Å². The first-order valence-electron chi connectivity index (χ1n) is 2.65. The van der Waals surface area contributed by atoms with E-state index in [1.807, 2.05) is 0 Å². The van der Waals surface area contributed by atoms with Crippen LogP contribution in [-0.2, 0) is 0 Å². The van der Waals surface area contributed by atoms with Gasteiger partial charge in [-0.2, -0.15) is 0 Å². The number of halogens is 2. The molecule has 0 aliphatic heterocycles. The highest BCUT2D eigenvalue weighted by atomic mass is 35.5. The second-order valence-electron chi connectivity index (χ2n) is 1.80. The van der Waals surface area contributed by atoms with Crippen LogP contribution in [0.25, 0.3) is 5.83 Å². The van der Waals surface area contributed by atoms with Crippen molar-refractivity contribution in [2.24, 2.45) is 0 Å². The Kier molecular flexibility index (Phi) is 2.02. The third-order valence-corrected chi connectivity index (χ3v) is 1.22. The summed E-state index contributed by atoms with van der Waals surface area (Å²) in [6.07, 6.45) is 2.81. The van der Waals surface area contributed by atoms with E-state index < -0.39 is 5.83 Å². The molecule has 0 aromatic carbocycles. The smallest absolute Gasteiger partial charge is 0.124 e. The molecule has 0 bridgehead atoms.